The molecule has 1 aliphatic heterocycles. The van der Waals surface area contributed by atoms with Gasteiger partial charge in [-0.2, -0.15) is 0 Å². The number of hydrogen-bond donors (Lipinski definition) is 0. The molecule has 1 aliphatic rings. The van der Waals surface area contributed by atoms with Crippen molar-refractivity contribution >= 4 is 32.3 Å². The van der Waals surface area contributed by atoms with Gasteiger partial charge in [0.05, 0.1) is 17.4 Å². The molecular formula is C34H33N2O+. The first-order valence-corrected chi connectivity index (χ1v) is 13.2. The molecule has 0 radical (unpaired) electrons. The van der Waals surface area contributed by atoms with E-state index < -0.39 is 5.54 Å². The summed E-state index contributed by atoms with van der Waals surface area (Å²) in [5.41, 5.74) is 5.76. The Bertz CT molecular complexity index is 1790. The summed E-state index contributed by atoms with van der Waals surface area (Å²) < 4.78 is 9.16. The molecule has 0 N–H and O–H groups in total. The molecule has 3 heteroatoms. The minimum Gasteiger partial charge on any atom is -0.455 e. The van der Waals surface area contributed by atoms with E-state index in [4.69, 9.17) is 11.3 Å². The van der Waals surface area contributed by atoms with Crippen molar-refractivity contribution in [3.05, 3.63) is 88.9 Å². The first-order chi connectivity index (χ1) is 17.7. The second kappa shape index (κ2) is 8.32. The number of benzene rings is 4. The average Bonchev–Trinajstić information content (AvgIpc) is 2.87. The predicted molar refractivity (Wildman–Crippen MR) is 153 cm³/mol. The third-order valence-corrected chi connectivity index (χ3v) is 7.80. The number of pyridine rings is 1. The lowest BCUT2D eigenvalue weighted by atomic mass is 9.85. The van der Waals surface area contributed by atoms with Crippen LogP contribution in [0.3, 0.4) is 0 Å². The quantitative estimate of drug-likeness (QED) is 0.139. The van der Waals surface area contributed by atoms with Gasteiger partial charge in [-0.05, 0) is 58.0 Å². The summed E-state index contributed by atoms with van der Waals surface area (Å²) in [7, 11) is 2.14. The highest BCUT2D eigenvalue weighted by atomic mass is 16.5. The van der Waals surface area contributed by atoms with Crippen LogP contribution in [0.1, 0.15) is 44.4 Å². The third-order valence-electron chi connectivity index (χ3n) is 7.80. The topological polar surface area (TPSA) is 17.5 Å². The molecule has 37 heavy (non-hydrogen) atoms. The van der Waals surface area contributed by atoms with Gasteiger partial charge in [0, 0.05) is 30.9 Å². The van der Waals surface area contributed by atoms with E-state index in [-0.39, 0.29) is 0 Å². The van der Waals surface area contributed by atoms with Gasteiger partial charge in [0.2, 0.25) is 11.2 Å². The molecule has 0 aliphatic carbocycles. The monoisotopic (exact) mass is 485 g/mol. The molecule has 1 aromatic heterocycles. The second-order valence-corrected chi connectivity index (χ2v) is 11.6. The second-order valence-electron chi connectivity index (χ2n) is 11.6. The van der Waals surface area contributed by atoms with Gasteiger partial charge < -0.3 is 9.58 Å². The standard InChI is InChI=1S/C34H33N2O/c1-20(2)16-28-25-11-9-8-10-24(25)21(3)30-32-31-26(14-15-36(32)7)27-17-22(19-34(4,5)35-6)12-13-23(27)18-29(31)37-33(28)30/h8-15,17-18,20H,16,19H2,1-5,7H3/q+1. The molecule has 0 bridgehead atoms. The highest BCUT2D eigenvalue weighted by Crippen LogP contribution is 2.52. The lowest BCUT2D eigenvalue weighted by Gasteiger charge is -2.26. The van der Waals surface area contributed by atoms with Crippen molar-refractivity contribution in [1.29, 1.82) is 0 Å². The molecule has 0 atom stereocenters. The lowest BCUT2D eigenvalue weighted by molar-refractivity contribution is -0.659. The van der Waals surface area contributed by atoms with Gasteiger partial charge in [0.15, 0.2) is 6.20 Å². The maximum atomic E-state index is 7.57. The summed E-state index contributed by atoms with van der Waals surface area (Å²) in [4.78, 5) is 3.84. The van der Waals surface area contributed by atoms with Gasteiger partial charge in [0.25, 0.3) is 0 Å². The Morgan fingerprint density at radius 1 is 0.973 bits per heavy atom. The van der Waals surface area contributed by atoms with E-state index in [2.05, 4.69) is 98.0 Å². The van der Waals surface area contributed by atoms with Crippen LogP contribution in [0.4, 0.5) is 0 Å². The van der Waals surface area contributed by atoms with Crippen molar-refractivity contribution in [3.8, 4) is 22.8 Å². The first kappa shape index (κ1) is 23.5. The molecule has 0 saturated carbocycles. The van der Waals surface area contributed by atoms with Crippen LogP contribution >= 0.6 is 0 Å². The smallest absolute Gasteiger partial charge is 0.231 e. The summed E-state index contributed by atoms with van der Waals surface area (Å²) >= 11 is 0. The van der Waals surface area contributed by atoms with Crippen LogP contribution in [0.2, 0.25) is 0 Å². The fourth-order valence-electron chi connectivity index (χ4n) is 6.10. The molecule has 3 nitrogen and oxygen atoms in total. The van der Waals surface area contributed by atoms with Crippen molar-refractivity contribution in [2.45, 2.75) is 53.0 Å². The zero-order chi connectivity index (χ0) is 26.1. The summed E-state index contributed by atoms with van der Waals surface area (Å²) in [5.74, 6) is 2.45. The van der Waals surface area contributed by atoms with Crippen molar-refractivity contribution < 1.29 is 9.30 Å². The minimum atomic E-state index is -0.417. The molecule has 4 aromatic carbocycles. The van der Waals surface area contributed by atoms with Crippen molar-refractivity contribution in [2.24, 2.45) is 13.0 Å². The van der Waals surface area contributed by atoms with E-state index in [0.717, 1.165) is 29.7 Å². The number of rotatable bonds is 4. The molecule has 2 heterocycles. The van der Waals surface area contributed by atoms with E-state index in [1.807, 2.05) is 13.8 Å². The van der Waals surface area contributed by atoms with Crippen molar-refractivity contribution in [1.82, 2.24) is 0 Å². The molecule has 5 aromatic rings. The Labute approximate surface area is 219 Å². The van der Waals surface area contributed by atoms with Crippen LogP contribution in [-0.4, -0.2) is 5.54 Å². The van der Waals surface area contributed by atoms with Crippen molar-refractivity contribution in [2.75, 3.05) is 0 Å². The van der Waals surface area contributed by atoms with E-state index in [1.165, 1.54) is 54.9 Å². The Morgan fingerprint density at radius 2 is 1.73 bits per heavy atom. The maximum absolute atomic E-state index is 7.57. The molecule has 0 spiro atoms. The van der Waals surface area contributed by atoms with Crippen LogP contribution in [0.15, 0.2) is 60.8 Å². The molecule has 6 rings (SSSR count). The highest BCUT2D eigenvalue weighted by Gasteiger charge is 2.33. The molecule has 184 valence electrons. The van der Waals surface area contributed by atoms with Crippen LogP contribution < -0.4 is 9.30 Å². The molecule has 0 amide bonds. The average molecular weight is 486 g/mol. The largest absolute Gasteiger partial charge is 0.455 e. The SMILES string of the molecule is [C-]#[N+]C(C)(C)Cc1ccc2cc3c4c([n+](C)ccc4c2c1)-c1c(c(CC(C)C)c2ccccc2c1C)O3. The normalized spacial score (nSPS) is 12.7. The Balaban J connectivity index is 1.70. The van der Waals surface area contributed by atoms with Crippen LogP contribution in [0, 0.1) is 19.4 Å². The number of hydrogen-bond acceptors (Lipinski definition) is 1. The molecule has 0 unspecified atom stereocenters. The molecular weight excluding hydrogens is 452 g/mol. The Hall–Kier alpha value is -3.90. The minimum absolute atomic E-state index is 0.417. The van der Waals surface area contributed by atoms with Gasteiger partial charge in [0.1, 0.15) is 18.5 Å². The summed E-state index contributed by atoms with van der Waals surface area (Å²) in [6.07, 6.45) is 3.88. The molecule has 0 fully saturated rings. The Kier molecular flexibility index (Phi) is 5.28. The predicted octanol–water partition coefficient (Wildman–Crippen LogP) is 8.49. The fourth-order valence-corrected chi connectivity index (χ4v) is 6.10. The highest BCUT2D eigenvalue weighted by molar-refractivity contribution is 6.16. The van der Waals surface area contributed by atoms with Gasteiger partial charge in [-0.25, -0.2) is 11.1 Å². The number of ether oxygens (including phenoxy) is 1. The fraction of sp³-hybridized carbons (Fsp3) is 0.294. The van der Waals surface area contributed by atoms with Crippen LogP contribution in [-0.2, 0) is 19.9 Å². The van der Waals surface area contributed by atoms with Gasteiger partial charge in [-0.15, -0.1) is 0 Å². The third kappa shape index (κ3) is 3.66. The van der Waals surface area contributed by atoms with Gasteiger partial charge in [-0.1, -0.05) is 56.3 Å². The summed E-state index contributed by atoms with van der Waals surface area (Å²) in [5, 5.41) is 7.33. The van der Waals surface area contributed by atoms with Gasteiger partial charge >= 0.3 is 0 Å². The summed E-state index contributed by atoms with van der Waals surface area (Å²) in [6, 6.07) is 19.8. The van der Waals surface area contributed by atoms with Crippen LogP contribution in [0.5, 0.6) is 11.5 Å². The first-order valence-electron chi connectivity index (χ1n) is 13.2. The molecule has 0 saturated heterocycles. The van der Waals surface area contributed by atoms with E-state index >= 15 is 0 Å². The van der Waals surface area contributed by atoms with Gasteiger partial charge in [-0.3, -0.25) is 0 Å². The van der Waals surface area contributed by atoms with E-state index in [0.29, 0.717) is 5.92 Å². The van der Waals surface area contributed by atoms with E-state index in [1.54, 1.807) is 0 Å². The summed E-state index contributed by atoms with van der Waals surface area (Å²) in [6.45, 7) is 18.4. The Morgan fingerprint density at radius 3 is 2.46 bits per heavy atom. The lowest BCUT2D eigenvalue weighted by Crippen LogP contribution is -2.32. The number of nitrogens with zero attached hydrogens (tertiary/aromatic N) is 2. The number of aryl methyl sites for hydroxylation is 2. The van der Waals surface area contributed by atoms with E-state index in [9.17, 15) is 0 Å². The number of aromatic nitrogens is 1. The number of fused-ring (bicyclic) bond motifs is 5. The van der Waals surface area contributed by atoms with Crippen molar-refractivity contribution in [3.63, 3.8) is 0 Å². The zero-order valence-corrected chi connectivity index (χ0v) is 22.6. The van der Waals surface area contributed by atoms with Crippen LogP contribution in [0.25, 0.3) is 48.4 Å². The zero-order valence-electron chi connectivity index (χ0n) is 22.6. The maximum Gasteiger partial charge on any atom is 0.231 e.